The summed E-state index contributed by atoms with van der Waals surface area (Å²) in [5.41, 5.74) is 2.70. The Morgan fingerprint density at radius 1 is 1.33 bits per heavy atom. The molecular weight excluding hydrogens is 186 g/mol. The van der Waals surface area contributed by atoms with E-state index in [0.29, 0.717) is 0 Å². The summed E-state index contributed by atoms with van der Waals surface area (Å²) in [6, 6.07) is 8.74. The molecule has 2 nitrogen and oxygen atoms in total. The van der Waals surface area contributed by atoms with Gasteiger partial charge in [0.25, 0.3) is 0 Å². The molecule has 82 valence electrons. The molecular formula is C13H19NO. The highest BCUT2D eigenvalue weighted by Crippen LogP contribution is 2.24. The lowest BCUT2D eigenvalue weighted by atomic mass is 9.93. The van der Waals surface area contributed by atoms with E-state index in [-0.39, 0.29) is 5.60 Å². The number of aryl methyl sites for hydroxylation is 1. The number of hydrogen-bond acceptors (Lipinski definition) is 2. The molecule has 0 saturated carbocycles. The van der Waals surface area contributed by atoms with Crippen LogP contribution < -0.4 is 5.32 Å². The molecule has 1 fully saturated rings. The minimum absolute atomic E-state index is 0.0231. The van der Waals surface area contributed by atoms with Gasteiger partial charge in [0.05, 0.1) is 5.60 Å². The van der Waals surface area contributed by atoms with Gasteiger partial charge in [-0.3, -0.25) is 0 Å². The summed E-state index contributed by atoms with van der Waals surface area (Å²) in [6.07, 6.45) is 2.12. The molecule has 0 aliphatic carbocycles. The normalized spacial score (nSPS) is 25.7. The molecule has 2 heteroatoms. The van der Waals surface area contributed by atoms with Crippen LogP contribution in [0.1, 0.15) is 17.5 Å². The first-order valence-corrected chi connectivity index (χ1v) is 5.56. The van der Waals surface area contributed by atoms with Crippen molar-refractivity contribution in [2.45, 2.75) is 25.4 Å². The number of ether oxygens (including phenoxy) is 1. The van der Waals surface area contributed by atoms with Crippen LogP contribution in [0.2, 0.25) is 0 Å². The van der Waals surface area contributed by atoms with Gasteiger partial charge in [0.2, 0.25) is 0 Å². The summed E-state index contributed by atoms with van der Waals surface area (Å²) in [4.78, 5) is 0. The predicted molar refractivity (Wildman–Crippen MR) is 62.1 cm³/mol. The van der Waals surface area contributed by atoms with E-state index in [9.17, 15) is 0 Å². The Morgan fingerprint density at radius 2 is 2.07 bits per heavy atom. The number of benzene rings is 1. The van der Waals surface area contributed by atoms with Gasteiger partial charge >= 0.3 is 0 Å². The SMILES string of the molecule is COC1(Cc2ccc(C)cc2)CCNC1. The Morgan fingerprint density at radius 3 is 2.60 bits per heavy atom. The molecule has 15 heavy (non-hydrogen) atoms. The van der Waals surface area contributed by atoms with Crippen molar-refractivity contribution in [2.24, 2.45) is 0 Å². The van der Waals surface area contributed by atoms with E-state index < -0.39 is 0 Å². The molecule has 1 saturated heterocycles. The molecule has 2 rings (SSSR count). The molecule has 1 aromatic carbocycles. The van der Waals surface area contributed by atoms with Crippen LogP contribution in [0, 0.1) is 6.92 Å². The van der Waals surface area contributed by atoms with Gasteiger partial charge in [-0.15, -0.1) is 0 Å². The molecule has 0 radical (unpaired) electrons. The van der Waals surface area contributed by atoms with E-state index in [0.717, 1.165) is 25.9 Å². The molecule has 1 aromatic rings. The van der Waals surface area contributed by atoms with Gasteiger partial charge in [0.1, 0.15) is 0 Å². The van der Waals surface area contributed by atoms with Crippen LogP contribution in [0.3, 0.4) is 0 Å². The van der Waals surface area contributed by atoms with Gasteiger partial charge in [-0.05, 0) is 25.5 Å². The van der Waals surface area contributed by atoms with Crippen molar-refractivity contribution in [3.05, 3.63) is 35.4 Å². The highest BCUT2D eigenvalue weighted by Gasteiger charge is 2.33. The maximum atomic E-state index is 5.67. The lowest BCUT2D eigenvalue weighted by Crippen LogP contribution is -2.36. The van der Waals surface area contributed by atoms with E-state index >= 15 is 0 Å². The summed E-state index contributed by atoms with van der Waals surface area (Å²) in [5, 5.41) is 3.37. The van der Waals surface area contributed by atoms with E-state index in [1.54, 1.807) is 0 Å². The second-order valence-electron chi connectivity index (χ2n) is 4.48. The highest BCUT2D eigenvalue weighted by atomic mass is 16.5. The van der Waals surface area contributed by atoms with Crippen molar-refractivity contribution in [3.8, 4) is 0 Å². The summed E-state index contributed by atoms with van der Waals surface area (Å²) >= 11 is 0. The Kier molecular flexibility index (Phi) is 3.08. The Hall–Kier alpha value is -0.860. The van der Waals surface area contributed by atoms with Crippen molar-refractivity contribution in [2.75, 3.05) is 20.2 Å². The second kappa shape index (κ2) is 4.33. The predicted octanol–water partition coefficient (Wildman–Crippen LogP) is 1.92. The van der Waals surface area contributed by atoms with Crippen molar-refractivity contribution >= 4 is 0 Å². The molecule has 1 aliphatic heterocycles. The minimum Gasteiger partial charge on any atom is -0.377 e. The Labute approximate surface area is 91.6 Å². The van der Waals surface area contributed by atoms with E-state index in [4.69, 9.17) is 4.74 Å². The highest BCUT2D eigenvalue weighted by molar-refractivity contribution is 5.23. The molecule has 0 spiro atoms. The van der Waals surface area contributed by atoms with Crippen molar-refractivity contribution in [1.29, 1.82) is 0 Å². The molecule has 1 aliphatic rings. The van der Waals surface area contributed by atoms with Gasteiger partial charge in [0.15, 0.2) is 0 Å². The number of hydrogen-bond donors (Lipinski definition) is 1. The fourth-order valence-corrected chi connectivity index (χ4v) is 2.20. The third kappa shape index (κ3) is 2.39. The monoisotopic (exact) mass is 205 g/mol. The van der Waals surface area contributed by atoms with Gasteiger partial charge in [0, 0.05) is 20.1 Å². The van der Waals surface area contributed by atoms with Crippen LogP contribution in [0.5, 0.6) is 0 Å². The van der Waals surface area contributed by atoms with E-state index in [1.807, 2.05) is 7.11 Å². The quantitative estimate of drug-likeness (QED) is 0.814. The molecule has 1 atom stereocenters. The van der Waals surface area contributed by atoms with Crippen LogP contribution in [0.4, 0.5) is 0 Å². The Balaban J connectivity index is 2.09. The molecule has 1 N–H and O–H groups in total. The second-order valence-corrected chi connectivity index (χ2v) is 4.48. The summed E-state index contributed by atoms with van der Waals surface area (Å²) in [7, 11) is 1.82. The fourth-order valence-electron chi connectivity index (χ4n) is 2.20. The number of nitrogens with one attached hydrogen (secondary N) is 1. The zero-order valence-corrected chi connectivity index (χ0v) is 9.55. The largest absolute Gasteiger partial charge is 0.377 e. The summed E-state index contributed by atoms with van der Waals surface area (Å²) in [6.45, 7) is 4.16. The zero-order chi connectivity index (χ0) is 10.7. The molecule has 0 amide bonds. The van der Waals surface area contributed by atoms with Crippen LogP contribution in [0.25, 0.3) is 0 Å². The smallest absolute Gasteiger partial charge is 0.0854 e. The first-order chi connectivity index (χ1) is 7.24. The maximum absolute atomic E-state index is 5.67. The summed E-state index contributed by atoms with van der Waals surface area (Å²) < 4.78 is 5.67. The van der Waals surface area contributed by atoms with Crippen LogP contribution in [-0.4, -0.2) is 25.8 Å². The lowest BCUT2D eigenvalue weighted by molar-refractivity contribution is 0.00776. The lowest BCUT2D eigenvalue weighted by Gasteiger charge is -2.26. The van der Waals surface area contributed by atoms with Crippen molar-refractivity contribution < 1.29 is 4.74 Å². The average molecular weight is 205 g/mol. The van der Waals surface area contributed by atoms with E-state index in [1.165, 1.54) is 11.1 Å². The Bertz CT molecular complexity index is 312. The topological polar surface area (TPSA) is 21.3 Å². The van der Waals surface area contributed by atoms with Crippen molar-refractivity contribution in [1.82, 2.24) is 5.32 Å². The third-order valence-electron chi connectivity index (χ3n) is 3.28. The van der Waals surface area contributed by atoms with E-state index in [2.05, 4.69) is 36.5 Å². The van der Waals surface area contributed by atoms with Crippen LogP contribution in [-0.2, 0) is 11.2 Å². The van der Waals surface area contributed by atoms with Crippen molar-refractivity contribution in [3.63, 3.8) is 0 Å². The minimum atomic E-state index is 0.0231. The first kappa shape index (κ1) is 10.7. The number of rotatable bonds is 3. The standard InChI is InChI=1S/C13H19NO/c1-11-3-5-12(6-4-11)9-13(15-2)7-8-14-10-13/h3-6,14H,7-10H2,1-2H3. The maximum Gasteiger partial charge on any atom is 0.0854 e. The number of methoxy groups -OCH3 is 1. The molecule has 0 aromatic heterocycles. The summed E-state index contributed by atoms with van der Waals surface area (Å²) in [5.74, 6) is 0. The third-order valence-corrected chi connectivity index (χ3v) is 3.28. The van der Waals surface area contributed by atoms with Crippen LogP contribution in [0.15, 0.2) is 24.3 Å². The zero-order valence-electron chi connectivity index (χ0n) is 9.55. The van der Waals surface area contributed by atoms with Gasteiger partial charge in [-0.2, -0.15) is 0 Å². The van der Waals surface area contributed by atoms with Gasteiger partial charge in [-0.25, -0.2) is 0 Å². The van der Waals surface area contributed by atoms with Gasteiger partial charge < -0.3 is 10.1 Å². The molecule has 1 unspecified atom stereocenters. The molecule has 1 heterocycles. The fraction of sp³-hybridized carbons (Fsp3) is 0.538. The van der Waals surface area contributed by atoms with Crippen LogP contribution >= 0.6 is 0 Å². The van der Waals surface area contributed by atoms with Gasteiger partial charge in [-0.1, -0.05) is 29.8 Å². The molecule has 0 bridgehead atoms. The average Bonchev–Trinajstić information content (AvgIpc) is 2.71. The first-order valence-electron chi connectivity index (χ1n) is 5.56.